The fourth-order valence-corrected chi connectivity index (χ4v) is 4.81. The van der Waals surface area contributed by atoms with Crippen LogP contribution in [0.3, 0.4) is 0 Å². The summed E-state index contributed by atoms with van der Waals surface area (Å²) in [6, 6.07) is 16.8. The number of anilines is 2. The van der Waals surface area contributed by atoms with Crippen LogP contribution in [0, 0.1) is 0 Å². The maximum Gasteiger partial charge on any atom is 0.218 e. The van der Waals surface area contributed by atoms with Gasteiger partial charge < -0.3 is 10.1 Å². The summed E-state index contributed by atoms with van der Waals surface area (Å²) in [5.41, 5.74) is 3.06. The molecule has 7 nitrogen and oxygen atoms in total. The lowest BCUT2D eigenvalue weighted by Crippen LogP contribution is -2.31. The van der Waals surface area contributed by atoms with Gasteiger partial charge in [-0.1, -0.05) is 38.1 Å². The molecule has 1 heterocycles. The number of hydrogen-bond acceptors (Lipinski definition) is 6. The first-order valence-corrected chi connectivity index (χ1v) is 11.4. The molecule has 1 N–H and O–H groups in total. The highest BCUT2D eigenvalue weighted by molar-refractivity contribution is 7.88. The van der Waals surface area contributed by atoms with E-state index in [0.717, 1.165) is 22.7 Å². The van der Waals surface area contributed by atoms with Gasteiger partial charge in [-0.2, -0.15) is 0 Å². The van der Waals surface area contributed by atoms with Crippen LogP contribution in [0.4, 0.5) is 11.5 Å². The van der Waals surface area contributed by atoms with Crippen LogP contribution < -0.4 is 10.1 Å². The fourth-order valence-electron chi connectivity index (χ4n) is 3.23. The number of ether oxygens (including phenoxy) is 1. The Morgan fingerprint density at radius 2 is 1.77 bits per heavy atom. The molecule has 0 atom stereocenters. The summed E-state index contributed by atoms with van der Waals surface area (Å²) in [5.74, 6) is 1.29. The Bertz CT molecular complexity index is 1100. The number of nitrogens with one attached hydrogen (secondary N) is 1. The van der Waals surface area contributed by atoms with Gasteiger partial charge in [0.25, 0.3) is 0 Å². The second kappa shape index (κ2) is 9.69. The van der Waals surface area contributed by atoms with Crippen LogP contribution in [0.1, 0.15) is 19.4 Å². The van der Waals surface area contributed by atoms with E-state index < -0.39 is 10.0 Å². The maximum absolute atomic E-state index is 12.6. The van der Waals surface area contributed by atoms with E-state index in [1.54, 1.807) is 7.11 Å². The topological polar surface area (TPSA) is 84.4 Å². The zero-order valence-corrected chi connectivity index (χ0v) is 18.2. The van der Waals surface area contributed by atoms with E-state index in [0.29, 0.717) is 24.5 Å². The first-order chi connectivity index (χ1) is 14.5. The Kier molecular flexibility index (Phi) is 7.02. The van der Waals surface area contributed by atoms with Gasteiger partial charge in [0.05, 0.1) is 18.6 Å². The highest BCUT2D eigenvalue weighted by Gasteiger charge is 2.19. The Balaban J connectivity index is 1.82. The first-order valence-electron chi connectivity index (χ1n) is 9.76. The van der Waals surface area contributed by atoms with Crippen molar-refractivity contribution in [1.82, 2.24) is 14.3 Å². The van der Waals surface area contributed by atoms with Gasteiger partial charge in [-0.25, -0.2) is 22.7 Å². The molecule has 0 spiro atoms. The lowest BCUT2D eigenvalue weighted by atomic mass is 10.1. The molecule has 0 aliphatic carbocycles. The molecule has 0 amide bonds. The molecule has 30 heavy (non-hydrogen) atoms. The molecule has 2 aromatic carbocycles. The van der Waals surface area contributed by atoms with Crippen LogP contribution in [0.25, 0.3) is 11.3 Å². The zero-order valence-electron chi connectivity index (χ0n) is 17.4. The molecule has 3 rings (SSSR count). The SMILES string of the molecule is CCN(CC)S(=O)(=O)Cc1cccc(Nc2cc(-c3ccccc3OC)ncn2)c1. The van der Waals surface area contributed by atoms with E-state index in [-0.39, 0.29) is 5.75 Å². The lowest BCUT2D eigenvalue weighted by Gasteiger charge is -2.18. The minimum atomic E-state index is -3.35. The van der Waals surface area contributed by atoms with E-state index in [2.05, 4.69) is 15.3 Å². The molecule has 1 aromatic heterocycles. The number of rotatable bonds is 9. The summed E-state index contributed by atoms with van der Waals surface area (Å²) in [4.78, 5) is 8.63. The molecule has 0 fully saturated rings. The van der Waals surface area contributed by atoms with Crippen molar-refractivity contribution in [3.63, 3.8) is 0 Å². The van der Waals surface area contributed by atoms with Gasteiger partial charge in [-0.15, -0.1) is 0 Å². The number of sulfonamides is 1. The molecular formula is C22H26N4O3S. The van der Waals surface area contributed by atoms with Crippen molar-refractivity contribution in [1.29, 1.82) is 0 Å². The molecule has 0 aliphatic heterocycles. The van der Waals surface area contributed by atoms with E-state index in [4.69, 9.17) is 4.74 Å². The Morgan fingerprint density at radius 1 is 1.00 bits per heavy atom. The quantitative estimate of drug-likeness (QED) is 0.555. The van der Waals surface area contributed by atoms with E-state index in [9.17, 15) is 8.42 Å². The second-order valence-corrected chi connectivity index (χ2v) is 8.62. The van der Waals surface area contributed by atoms with Gasteiger partial charge in [0.1, 0.15) is 17.9 Å². The summed E-state index contributed by atoms with van der Waals surface area (Å²) in [7, 11) is -1.73. The van der Waals surface area contributed by atoms with Crippen molar-refractivity contribution >= 4 is 21.5 Å². The van der Waals surface area contributed by atoms with Crippen molar-refractivity contribution in [3.8, 4) is 17.0 Å². The van der Waals surface area contributed by atoms with Crippen LogP contribution in [-0.2, 0) is 15.8 Å². The van der Waals surface area contributed by atoms with Gasteiger partial charge in [0, 0.05) is 30.4 Å². The van der Waals surface area contributed by atoms with Gasteiger partial charge in [0.15, 0.2) is 0 Å². The minimum absolute atomic E-state index is 0.0412. The number of benzene rings is 2. The van der Waals surface area contributed by atoms with Crippen LogP contribution in [-0.4, -0.2) is 42.9 Å². The predicted molar refractivity (Wildman–Crippen MR) is 119 cm³/mol. The number of aromatic nitrogens is 2. The molecular weight excluding hydrogens is 400 g/mol. The Hall–Kier alpha value is -2.97. The van der Waals surface area contributed by atoms with Gasteiger partial charge in [-0.05, 0) is 29.8 Å². The number of nitrogens with zero attached hydrogens (tertiary/aromatic N) is 3. The zero-order chi connectivity index (χ0) is 21.6. The lowest BCUT2D eigenvalue weighted by molar-refractivity contribution is 0.416. The second-order valence-electron chi connectivity index (χ2n) is 6.65. The molecule has 0 saturated carbocycles. The molecule has 8 heteroatoms. The minimum Gasteiger partial charge on any atom is -0.496 e. The molecule has 0 bridgehead atoms. The van der Waals surface area contributed by atoms with Crippen molar-refractivity contribution in [3.05, 3.63) is 66.5 Å². The normalized spacial score (nSPS) is 11.5. The van der Waals surface area contributed by atoms with Gasteiger partial charge >= 0.3 is 0 Å². The monoisotopic (exact) mass is 426 g/mol. The molecule has 0 aliphatic rings. The largest absolute Gasteiger partial charge is 0.496 e. The highest BCUT2D eigenvalue weighted by Crippen LogP contribution is 2.29. The van der Waals surface area contributed by atoms with Crippen LogP contribution in [0.5, 0.6) is 5.75 Å². The number of para-hydroxylation sites is 1. The van der Waals surface area contributed by atoms with Crippen molar-refractivity contribution in [2.24, 2.45) is 0 Å². The summed E-state index contributed by atoms with van der Waals surface area (Å²) in [5, 5.41) is 3.23. The van der Waals surface area contributed by atoms with Gasteiger partial charge in [0.2, 0.25) is 10.0 Å². The summed E-state index contributed by atoms with van der Waals surface area (Å²) < 4.78 is 32.0. The fraction of sp³-hybridized carbons (Fsp3) is 0.273. The number of methoxy groups -OCH3 is 1. The van der Waals surface area contributed by atoms with Crippen LogP contribution >= 0.6 is 0 Å². The number of hydrogen-bond donors (Lipinski definition) is 1. The third-order valence-corrected chi connectivity index (χ3v) is 6.70. The third-order valence-electron chi connectivity index (χ3n) is 4.70. The average Bonchev–Trinajstić information content (AvgIpc) is 2.74. The third kappa shape index (κ3) is 5.14. The molecule has 0 saturated heterocycles. The van der Waals surface area contributed by atoms with Gasteiger partial charge in [-0.3, -0.25) is 0 Å². The summed E-state index contributed by atoms with van der Waals surface area (Å²) >= 11 is 0. The molecule has 158 valence electrons. The molecule has 3 aromatic rings. The highest BCUT2D eigenvalue weighted by atomic mass is 32.2. The smallest absolute Gasteiger partial charge is 0.218 e. The Morgan fingerprint density at radius 3 is 2.50 bits per heavy atom. The van der Waals surface area contributed by atoms with Crippen LogP contribution in [0.2, 0.25) is 0 Å². The van der Waals surface area contributed by atoms with Crippen molar-refractivity contribution in [2.75, 3.05) is 25.5 Å². The van der Waals surface area contributed by atoms with Crippen LogP contribution in [0.15, 0.2) is 60.9 Å². The maximum atomic E-state index is 12.6. The van der Waals surface area contributed by atoms with Crippen molar-refractivity contribution < 1.29 is 13.2 Å². The predicted octanol–water partition coefficient (Wildman–Crippen LogP) is 4.07. The first kappa shape index (κ1) is 21.7. The van der Waals surface area contributed by atoms with E-state index in [1.165, 1.54) is 10.6 Å². The van der Waals surface area contributed by atoms with E-state index >= 15 is 0 Å². The van der Waals surface area contributed by atoms with Crippen molar-refractivity contribution in [2.45, 2.75) is 19.6 Å². The standard InChI is InChI=1S/C22H26N4O3S/c1-4-26(5-2)30(27,28)15-17-9-8-10-18(13-17)25-22-14-20(23-16-24-22)19-11-6-7-12-21(19)29-3/h6-14,16H,4-5,15H2,1-3H3,(H,23,24,25). The Labute approximate surface area is 177 Å². The average molecular weight is 427 g/mol. The molecule has 0 radical (unpaired) electrons. The van der Waals surface area contributed by atoms with E-state index in [1.807, 2.05) is 68.4 Å². The molecule has 0 unspecified atom stereocenters. The summed E-state index contributed by atoms with van der Waals surface area (Å²) in [6.45, 7) is 4.60. The summed E-state index contributed by atoms with van der Waals surface area (Å²) in [6.07, 6.45) is 1.48.